The molecule has 1 N–H and O–H groups in total. The summed E-state index contributed by atoms with van der Waals surface area (Å²) in [7, 11) is -4.30. The van der Waals surface area contributed by atoms with Crippen LogP contribution in [-0.2, 0) is 38.8 Å². The zero-order valence-electron chi connectivity index (χ0n) is 22.5. The van der Waals surface area contributed by atoms with Crippen LogP contribution in [0, 0.1) is 0 Å². The second-order valence-electron chi connectivity index (χ2n) is 9.25. The van der Waals surface area contributed by atoms with Gasteiger partial charge in [0.1, 0.15) is 12.6 Å². The van der Waals surface area contributed by atoms with Crippen molar-refractivity contribution in [2.45, 2.75) is 32.1 Å². The Bertz CT molecular complexity index is 1520. The van der Waals surface area contributed by atoms with Gasteiger partial charge in [-0.15, -0.1) is 0 Å². The molecule has 0 heterocycles. The molecule has 226 valence electrons. The van der Waals surface area contributed by atoms with E-state index in [-0.39, 0.29) is 29.6 Å². The van der Waals surface area contributed by atoms with Crippen molar-refractivity contribution in [3.05, 3.63) is 98.5 Å². The number of likely N-dealkylation sites (N-methyl/N-ethyl adjacent to an activating group) is 1. The molecule has 0 spiro atoms. The predicted octanol–water partition coefficient (Wildman–Crippen LogP) is 6.21. The van der Waals surface area contributed by atoms with E-state index in [0.717, 1.165) is 23.3 Å². The van der Waals surface area contributed by atoms with Crippen LogP contribution in [0.2, 0.25) is 15.1 Å². The van der Waals surface area contributed by atoms with Crippen molar-refractivity contribution in [3.63, 3.8) is 0 Å². The van der Waals surface area contributed by atoms with E-state index in [1.807, 2.05) is 0 Å². The number of nitrogens with one attached hydrogen (secondary N) is 1. The first-order valence-electron chi connectivity index (χ1n) is 12.5. The first-order valence-corrected chi connectivity index (χ1v) is 15.5. The van der Waals surface area contributed by atoms with E-state index in [1.54, 1.807) is 55.5 Å². The molecule has 3 rings (SSSR count). The zero-order valence-corrected chi connectivity index (χ0v) is 25.5. The maximum absolute atomic E-state index is 14.0. The van der Waals surface area contributed by atoms with Gasteiger partial charge in [-0.2, -0.15) is 13.2 Å². The fourth-order valence-electron chi connectivity index (χ4n) is 4.20. The molecule has 7 nitrogen and oxygen atoms in total. The number of hydrogen-bond donors (Lipinski definition) is 1. The van der Waals surface area contributed by atoms with Crippen LogP contribution >= 0.6 is 34.8 Å². The molecule has 0 saturated carbocycles. The van der Waals surface area contributed by atoms with E-state index >= 15 is 0 Å². The molecule has 2 amide bonds. The minimum Gasteiger partial charge on any atom is -0.355 e. The Morgan fingerprint density at radius 3 is 2.10 bits per heavy atom. The third-order valence-electron chi connectivity index (χ3n) is 6.23. The van der Waals surface area contributed by atoms with Crippen LogP contribution in [0.25, 0.3) is 0 Å². The fraction of sp³-hybridized carbons (Fsp3) is 0.286. The molecule has 0 saturated heterocycles. The number of sulfonamides is 1. The van der Waals surface area contributed by atoms with Gasteiger partial charge in [0, 0.05) is 35.1 Å². The van der Waals surface area contributed by atoms with Crippen LogP contribution < -0.4 is 9.62 Å². The predicted molar refractivity (Wildman–Crippen MR) is 158 cm³/mol. The van der Waals surface area contributed by atoms with Gasteiger partial charge in [-0.05, 0) is 42.8 Å². The van der Waals surface area contributed by atoms with Crippen LogP contribution in [-0.4, -0.2) is 50.5 Å². The number of alkyl halides is 3. The minimum absolute atomic E-state index is 0.0402. The van der Waals surface area contributed by atoms with Gasteiger partial charge in [0.15, 0.2) is 0 Å². The second-order valence-corrected chi connectivity index (χ2v) is 12.4. The molecule has 42 heavy (non-hydrogen) atoms. The molecule has 0 unspecified atom stereocenters. The van der Waals surface area contributed by atoms with Gasteiger partial charge in [-0.25, -0.2) is 8.42 Å². The van der Waals surface area contributed by atoms with Gasteiger partial charge in [-0.3, -0.25) is 13.9 Å². The Labute approximate surface area is 257 Å². The van der Waals surface area contributed by atoms with Crippen molar-refractivity contribution in [1.82, 2.24) is 10.2 Å². The van der Waals surface area contributed by atoms with Crippen LogP contribution in [0.4, 0.5) is 18.9 Å². The maximum Gasteiger partial charge on any atom is 0.417 e. The van der Waals surface area contributed by atoms with Gasteiger partial charge < -0.3 is 10.2 Å². The van der Waals surface area contributed by atoms with E-state index in [2.05, 4.69) is 5.32 Å². The lowest BCUT2D eigenvalue weighted by Crippen LogP contribution is -2.53. The van der Waals surface area contributed by atoms with Crippen molar-refractivity contribution in [2.24, 2.45) is 0 Å². The quantitative estimate of drug-likeness (QED) is 0.264. The van der Waals surface area contributed by atoms with Gasteiger partial charge in [0.2, 0.25) is 21.8 Å². The number of carbonyl (C=O) groups excluding carboxylic acids is 2. The maximum atomic E-state index is 14.0. The highest BCUT2D eigenvalue weighted by Gasteiger charge is 2.36. The number of anilines is 1. The molecule has 0 radical (unpaired) electrons. The van der Waals surface area contributed by atoms with E-state index < -0.39 is 56.9 Å². The number of amides is 2. The Hall–Kier alpha value is -2.99. The smallest absolute Gasteiger partial charge is 0.355 e. The molecule has 3 aromatic carbocycles. The molecule has 1 atom stereocenters. The summed E-state index contributed by atoms with van der Waals surface area (Å²) in [5.41, 5.74) is -0.708. The van der Waals surface area contributed by atoms with Crippen LogP contribution in [0.1, 0.15) is 23.6 Å². The molecular formula is C28H27Cl3F3N3O4S. The number of benzene rings is 3. The summed E-state index contributed by atoms with van der Waals surface area (Å²) in [5, 5.41) is 2.45. The Kier molecular flexibility index (Phi) is 11.2. The number of hydrogen-bond acceptors (Lipinski definition) is 4. The summed E-state index contributed by atoms with van der Waals surface area (Å²) in [6.07, 6.45) is -4.09. The fourth-order valence-corrected chi connectivity index (χ4v) is 5.78. The molecular weight excluding hydrogens is 638 g/mol. The molecule has 0 aliphatic carbocycles. The topological polar surface area (TPSA) is 86.8 Å². The van der Waals surface area contributed by atoms with Crippen molar-refractivity contribution in [2.75, 3.05) is 23.7 Å². The monoisotopic (exact) mass is 663 g/mol. The molecule has 0 fully saturated rings. The van der Waals surface area contributed by atoms with E-state index in [0.29, 0.717) is 21.5 Å². The van der Waals surface area contributed by atoms with Gasteiger partial charge >= 0.3 is 6.18 Å². The van der Waals surface area contributed by atoms with Gasteiger partial charge in [0.05, 0.1) is 22.5 Å². The van der Waals surface area contributed by atoms with Crippen LogP contribution in [0.5, 0.6) is 0 Å². The molecule has 0 aliphatic heterocycles. The summed E-state index contributed by atoms with van der Waals surface area (Å²) in [6.45, 7) is 0.709. The number of carbonyl (C=O) groups is 2. The standard InChI is InChI=1S/C28H27Cl3F3N3O4S/c1-3-35-27(39)25(14-18-8-5-4-6-9-18)36(16-20-22(29)10-7-11-23(20)30)26(38)17-37(42(2,40)41)19-12-13-24(31)21(15-19)28(32,33)34/h4-13,15,25H,3,14,16-17H2,1-2H3,(H,35,39)/t25-/m0/s1. The molecule has 3 aromatic rings. The normalized spacial score (nSPS) is 12.5. The van der Waals surface area contributed by atoms with Crippen molar-refractivity contribution >= 4 is 62.3 Å². The summed E-state index contributed by atoms with van der Waals surface area (Å²) >= 11 is 18.5. The molecule has 0 bridgehead atoms. The first kappa shape index (κ1) is 33.5. The Balaban J connectivity index is 2.13. The summed E-state index contributed by atoms with van der Waals surface area (Å²) in [5.74, 6) is -1.42. The first-order chi connectivity index (χ1) is 19.6. The van der Waals surface area contributed by atoms with Crippen LogP contribution in [0.15, 0.2) is 66.7 Å². The van der Waals surface area contributed by atoms with Gasteiger partial charge in [-0.1, -0.05) is 71.2 Å². The average Bonchev–Trinajstić information content (AvgIpc) is 2.90. The van der Waals surface area contributed by atoms with Crippen molar-refractivity contribution < 1.29 is 31.2 Å². The van der Waals surface area contributed by atoms with Crippen LogP contribution in [0.3, 0.4) is 0 Å². The largest absolute Gasteiger partial charge is 0.417 e. The third-order valence-corrected chi connectivity index (χ3v) is 8.41. The van der Waals surface area contributed by atoms with Gasteiger partial charge in [0.25, 0.3) is 0 Å². The van der Waals surface area contributed by atoms with Crippen molar-refractivity contribution in [1.29, 1.82) is 0 Å². The Morgan fingerprint density at radius 1 is 0.929 bits per heavy atom. The minimum atomic E-state index is -4.88. The van der Waals surface area contributed by atoms with Crippen molar-refractivity contribution in [3.8, 4) is 0 Å². The lowest BCUT2D eigenvalue weighted by molar-refractivity contribution is -0.140. The number of rotatable bonds is 11. The third kappa shape index (κ3) is 8.53. The SMILES string of the molecule is CCNC(=O)[C@H](Cc1ccccc1)N(Cc1c(Cl)cccc1Cl)C(=O)CN(c1ccc(Cl)c(C(F)(F)F)c1)S(C)(=O)=O. The van der Waals surface area contributed by atoms with E-state index in [1.165, 1.54) is 0 Å². The van der Waals surface area contributed by atoms with E-state index in [4.69, 9.17) is 34.8 Å². The zero-order chi connectivity index (χ0) is 31.2. The highest BCUT2D eigenvalue weighted by atomic mass is 35.5. The highest BCUT2D eigenvalue weighted by Crippen LogP contribution is 2.37. The lowest BCUT2D eigenvalue weighted by Gasteiger charge is -2.34. The summed E-state index contributed by atoms with van der Waals surface area (Å²) in [4.78, 5) is 28.5. The van der Waals surface area contributed by atoms with E-state index in [9.17, 15) is 31.2 Å². The second kappa shape index (κ2) is 14.0. The molecule has 0 aliphatic rings. The average molecular weight is 665 g/mol. The molecule has 0 aromatic heterocycles. The molecule has 14 heteroatoms. The number of nitrogens with zero attached hydrogens (tertiary/aromatic N) is 2. The summed E-state index contributed by atoms with van der Waals surface area (Å²) < 4.78 is 66.9. The summed E-state index contributed by atoms with van der Waals surface area (Å²) in [6, 6.07) is 14.8. The number of halogens is 6. The lowest BCUT2D eigenvalue weighted by atomic mass is 10.0. The highest BCUT2D eigenvalue weighted by molar-refractivity contribution is 7.92. The Morgan fingerprint density at radius 2 is 1.55 bits per heavy atom.